The molecule has 0 saturated heterocycles. The molecule has 0 spiro atoms. The Labute approximate surface area is 149 Å². The molecular formula is C17H13Br2NO3. The number of hydrogen-bond donors (Lipinski definition) is 1. The quantitative estimate of drug-likeness (QED) is 0.373. The molecule has 0 radical (unpaired) electrons. The van der Waals surface area contributed by atoms with Crippen LogP contribution in [0.15, 0.2) is 51.9 Å². The third-order valence-corrected chi connectivity index (χ3v) is 4.50. The van der Waals surface area contributed by atoms with Crippen molar-refractivity contribution in [2.24, 2.45) is 0 Å². The third-order valence-electron chi connectivity index (χ3n) is 3.55. The summed E-state index contributed by atoms with van der Waals surface area (Å²) in [4.78, 5) is 11.7. The molecule has 0 unspecified atom stereocenters. The van der Waals surface area contributed by atoms with Gasteiger partial charge in [-0.15, -0.1) is 0 Å². The van der Waals surface area contributed by atoms with E-state index in [9.17, 15) is 9.90 Å². The Bertz CT molecular complexity index is 931. The second-order valence-electron chi connectivity index (χ2n) is 4.96. The maximum atomic E-state index is 11.7. The molecule has 0 saturated carbocycles. The van der Waals surface area contributed by atoms with E-state index >= 15 is 0 Å². The average molecular weight is 439 g/mol. The van der Waals surface area contributed by atoms with E-state index in [-0.39, 0.29) is 6.61 Å². The van der Waals surface area contributed by atoms with Gasteiger partial charge in [-0.25, -0.2) is 4.79 Å². The Morgan fingerprint density at radius 1 is 1.22 bits per heavy atom. The number of fused-ring (bicyclic) bond motifs is 3. The summed E-state index contributed by atoms with van der Waals surface area (Å²) in [6.45, 7) is 3.82. The predicted octanol–water partition coefficient (Wildman–Crippen LogP) is 4.40. The van der Waals surface area contributed by atoms with Gasteiger partial charge >= 0.3 is 5.97 Å². The van der Waals surface area contributed by atoms with Crippen LogP contribution in [0.5, 0.6) is 5.75 Å². The van der Waals surface area contributed by atoms with Crippen molar-refractivity contribution in [2.75, 3.05) is 6.61 Å². The lowest BCUT2D eigenvalue weighted by atomic mass is 10.1. The van der Waals surface area contributed by atoms with E-state index in [1.54, 1.807) is 6.07 Å². The topological polar surface area (TPSA) is 51.5 Å². The van der Waals surface area contributed by atoms with E-state index in [0.717, 1.165) is 36.8 Å². The minimum atomic E-state index is -0.522. The number of rotatable bonds is 4. The fourth-order valence-corrected chi connectivity index (χ4v) is 3.50. The number of benzene rings is 2. The SMILES string of the molecule is C=CC(=O)Oc1cc(Br)cc2c3cc(Br)ccc3n(CCO)c12. The highest BCUT2D eigenvalue weighted by Gasteiger charge is 2.17. The largest absolute Gasteiger partial charge is 0.421 e. The smallest absolute Gasteiger partial charge is 0.335 e. The van der Waals surface area contributed by atoms with Crippen molar-refractivity contribution in [1.82, 2.24) is 4.57 Å². The lowest BCUT2D eigenvalue weighted by Crippen LogP contribution is -2.07. The number of aliphatic hydroxyl groups is 1. The number of ether oxygens (including phenoxy) is 1. The summed E-state index contributed by atoms with van der Waals surface area (Å²) in [5, 5.41) is 11.4. The summed E-state index contributed by atoms with van der Waals surface area (Å²) in [5.74, 6) is -0.0913. The summed E-state index contributed by atoms with van der Waals surface area (Å²) < 4.78 is 9.12. The van der Waals surface area contributed by atoms with E-state index in [1.165, 1.54) is 0 Å². The van der Waals surface area contributed by atoms with Crippen LogP contribution in [0.1, 0.15) is 0 Å². The molecular weight excluding hydrogens is 426 g/mol. The summed E-state index contributed by atoms with van der Waals surface area (Å²) in [6, 6.07) is 9.65. The number of aromatic nitrogens is 1. The number of nitrogens with zero attached hydrogens (tertiary/aromatic N) is 1. The molecule has 0 bridgehead atoms. The number of carbonyl (C=O) groups is 1. The van der Waals surface area contributed by atoms with E-state index in [1.807, 2.05) is 28.8 Å². The van der Waals surface area contributed by atoms with Crippen LogP contribution < -0.4 is 4.74 Å². The monoisotopic (exact) mass is 437 g/mol. The van der Waals surface area contributed by atoms with Gasteiger partial charge in [0.15, 0.2) is 5.75 Å². The van der Waals surface area contributed by atoms with Gasteiger partial charge in [-0.3, -0.25) is 0 Å². The minimum Gasteiger partial charge on any atom is -0.421 e. The molecule has 0 fully saturated rings. The zero-order valence-electron chi connectivity index (χ0n) is 12.1. The van der Waals surface area contributed by atoms with Crippen LogP contribution in [0.25, 0.3) is 21.8 Å². The minimum absolute atomic E-state index is 0.0140. The van der Waals surface area contributed by atoms with Gasteiger partial charge in [0.2, 0.25) is 0 Å². The highest BCUT2D eigenvalue weighted by atomic mass is 79.9. The molecule has 3 aromatic rings. The fourth-order valence-electron chi connectivity index (χ4n) is 2.70. The molecule has 1 heterocycles. The second-order valence-corrected chi connectivity index (χ2v) is 6.79. The second kappa shape index (κ2) is 6.47. The molecule has 0 aliphatic carbocycles. The van der Waals surface area contributed by atoms with Crippen LogP contribution in [0.2, 0.25) is 0 Å². The molecule has 0 amide bonds. The fraction of sp³-hybridized carbons (Fsp3) is 0.118. The lowest BCUT2D eigenvalue weighted by molar-refractivity contribution is -0.128. The van der Waals surface area contributed by atoms with Gasteiger partial charge in [0.05, 0.1) is 12.1 Å². The van der Waals surface area contributed by atoms with Crippen LogP contribution >= 0.6 is 31.9 Å². The first-order valence-corrected chi connectivity index (χ1v) is 8.50. The van der Waals surface area contributed by atoms with E-state index in [4.69, 9.17) is 4.74 Å². The Kier molecular flexibility index (Phi) is 4.57. The number of hydrogen-bond acceptors (Lipinski definition) is 3. The molecule has 0 atom stereocenters. The molecule has 3 rings (SSSR count). The van der Waals surface area contributed by atoms with Gasteiger partial charge in [-0.2, -0.15) is 0 Å². The van der Waals surface area contributed by atoms with Gasteiger partial charge in [0.25, 0.3) is 0 Å². The first-order valence-electron chi connectivity index (χ1n) is 6.91. The molecule has 2 aromatic carbocycles. The zero-order valence-corrected chi connectivity index (χ0v) is 15.2. The maximum absolute atomic E-state index is 11.7. The number of aliphatic hydroxyl groups excluding tert-OH is 1. The van der Waals surface area contributed by atoms with Gasteiger partial charge in [-0.1, -0.05) is 38.4 Å². The summed E-state index contributed by atoms with van der Waals surface area (Å²) in [5.41, 5.74) is 1.73. The normalized spacial score (nSPS) is 11.1. The predicted molar refractivity (Wildman–Crippen MR) is 97.8 cm³/mol. The van der Waals surface area contributed by atoms with Crippen molar-refractivity contribution in [3.05, 3.63) is 51.9 Å². The van der Waals surface area contributed by atoms with Crippen LogP contribution in [0.3, 0.4) is 0 Å². The zero-order chi connectivity index (χ0) is 16.6. The summed E-state index contributed by atoms with van der Waals surface area (Å²) in [6.07, 6.45) is 1.13. The summed E-state index contributed by atoms with van der Waals surface area (Å²) >= 11 is 6.95. The first-order chi connectivity index (χ1) is 11.0. The molecule has 1 aromatic heterocycles. The van der Waals surface area contributed by atoms with E-state index in [2.05, 4.69) is 38.4 Å². The lowest BCUT2D eigenvalue weighted by Gasteiger charge is -2.09. The van der Waals surface area contributed by atoms with E-state index in [0.29, 0.717) is 12.3 Å². The molecule has 6 heteroatoms. The van der Waals surface area contributed by atoms with Crippen LogP contribution in [-0.4, -0.2) is 22.2 Å². The van der Waals surface area contributed by atoms with Crippen molar-refractivity contribution < 1.29 is 14.6 Å². The molecule has 0 aliphatic heterocycles. The first kappa shape index (κ1) is 16.2. The Balaban J connectivity index is 2.42. The molecule has 1 N–H and O–H groups in total. The number of esters is 1. The van der Waals surface area contributed by atoms with Gasteiger partial charge in [-0.05, 0) is 30.3 Å². The molecule has 118 valence electrons. The summed E-state index contributed by atoms with van der Waals surface area (Å²) in [7, 11) is 0. The van der Waals surface area contributed by atoms with Gasteiger partial charge in [0, 0.05) is 37.9 Å². The highest BCUT2D eigenvalue weighted by Crippen LogP contribution is 2.38. The number of halogens is 2. The van der Waals surface area contributed by atoms with Crippen molar-refractivity contribution in [2.45, 2.75) is 6.54 Å². The average Bonchev–Trinajstić information content (AvgIpc) is 2.81. The molecule has 4 nitrogen and oxygen atoms in total. The van der Waals surface area contributed by atoms with E-state index < -0.39 is 5.97 Å². The standard InChI is InChI=1S/C17H13Br2NO3/c1-2-16(22)23-15-9-11(19)8-13-12-7-10(18)3-4-14(12)20(5-6-21)17(13)15/h2-4,7-9,21H,1,5-6H2. The number of carbonyl (C=O) groups excluding carboxylic acids is 1. The van der Waals surface area contributed by atoms with Gasteiger partial charge < -0.3 is 14.4 Å². The van der Waals surface area contributed by atoms with Crippen molar-refractivity contribution >= 4 is 59.6 Å². The van der Waals surface area contributed by atoms with Crippen LogP contribution in [0.4, 0.5) is 0 Å². The van der Waals surface area contributed by atoms with Crippen molar-refractivity contribution in [3.8, 4) is 5.75 Å². The van der Waals surface area contributed by atoms with Gasteiger partial charge in [0.1, 0.15) is 0 Å². The Morgan fingerprint density at radius 2 is 1.96 bits per heavy atom. The molecule has 23 heavy (non-hydrogen) atoms. The highest BCUT2D eigenvalue weighted by molar-refractivity contribution is 9.10. The Morgan fingerprint density at radius 3 is 2.65 bits per heavy atom. The maximum Gasteiger partial charge on any atom is 0.335 e. The Hall–Kier alpha value is -1.63. The van der Waals surface area contributed by atoms with Crippen LogP contribution in [-0.2, 0) is 11.3 Å². The molecule has 0 aliphatic rings. The van der Waals surface area contributed by atoms with Crippen LogP contribution in [0, 0.1) is 0 Å². The van der Waals surface area contributed by atoms with Crippen molar-refractivity contribution in [3.63, 3.8) is 0 Å². The third kappa shape index (κ3) is 2.94. The van der Waals surface area contributed by atoms with Crippen molar-refractivity contribution in [1.29, 1.82) is 0 Å².